The Labute approximate surface area is 155 Å². The number of rotatable bonds is 8. The third-order valence-electron chi connectivity index (χ3n) is 2.95. The fourth-order valence-electron chi connectivity index (χ4n) is 1.89. The van der Waals surface area contributed by atoms with Gasteiger partial charge in [0.1, 0.15) is 6.10 Å². The molecule has 1 aromatic rings. The molecule has 0 amide bonds. The lowest BCUT2D eigenvalue weighted by Gasteiger charge is -2.17. The molecule has 1 aromatic heterocycles. The number of H-pyrrole nitrogens is 1. The van der Waals surface area contributed by atoms with Crippen LogP contribution in [0.4, 0.5) is 0 Å². The fraction of sp³-hybridized carbons (Fsp3) is 0.556. The fourth-order valence-corrected chi connectivity index (χ4v) is 4.94. The molecule has 16 nitrogen and oxygen atoms in total. The van der Waals surface area contributed by atoms with E-state index in [-0.39, 0.29) is 12.2 Å². The summed E-state index contributed by atoms with van der Waals surface area (Å²) in [5, 5.41) is 0. The number of phosphoric acid groups is 3. The number of nitrogens with one attached hydrogen (secondary N) is 1. The van der Waals surface area contributed by atoms with Gasteiger partial charge in [-0.15, -0.1) is 0 Å². The van der Waals surface area contributed by atoms with Gasteiger partial charge >= 0.3 is 29.2 Å². The molecule has 5 N–H and O–H groups in total. The molecule has 2 unspecified atom stereocenters. The third kappa shape index (κ3) is 6.81. The van der Waals surface area contributed by atoms with Crippen molar-refractivity contribution < 1.29 is 55.9 Å². The lowest BCUT2D eigenvalue weighted by Crippen LogP contribution is -2.34. The molecule has 0 bridgehead atoms. The van der Waals surface area contributed by atoms with Crippen LogP contribution < -0.4 is 11.2 Å². The largest absolute Gasteiger partial charge is 0.490 e. The number of hydrogen-bond donors (Lipinski definition) is 5. The Bertz CT molecular complexity index is 979. The zero-order valence-corrected chi connectivity index (χ0v) is 16.5. The summed E-state index contributed by atoms with van der Waals surface area (Å²) in [5.41, 5.74) is -1.26. The Kier molecular flexibility index (Phi) is 6.99. The highest BCUT2D eigenvalue weighted by Crippen LogP contribution is 2.66. The third-order valence-corrected chi connectivity index (χ3v) is 6.75. The standard InChI is InChI=1S/C9H15N2O14P3/c1-5-2-11(8(13)10-7(5)12)9-21-3-6(23-9)4-22-27(17,18)25-28(19,20)24-26(14,15)16/h2,6,9H,3-4H2,1H3,(H,17,18)(H,19,20)(H,10,12,13)(H2,14,15,16)/t6-,9-/m0/s1. The molecule has 28 heavy (non-hydrogen) atoms. The number of hydrogen-bond acceptors (Lipinski definition) is 10. The molecule has 4 atom stereocenters. The van der Waals surface area contributed by atoms with E-state index in [1.54, 1.807) is 0 Å². The van der Waals surface area contributed by atoms with Gasteiger partial charge in [-0.3, -0.25) is 14.3 Å². The first kappa shape index (κ1) is 23.3. The summed E-state index contributed by atoms with van der Waals surface area (Å²) in [6, 6.07) is 0. The van der Waals surface area contributed by atoms with Crippen molar-refractivity contribution in [1.82, 2.24) is 9.55 Å². The monoisotopic (exact) mass is 468 g/mol. The van der Waals surface area contributed by atoms with Gasteiger partial charge in [0.15, 0.2) is 0 Å². The molecule has 0 aliphatic carbocycles. The van der Waals surface area contributed by atoms with Crippen LogP contribution in [0.25, 0.3) is 0 Å². The second kappa shape index (κ2) is 8.40. The van der Waals surface area contributed by atoms with Crippen LogP contribution in [0.1, 0.15) is 12.0 Å². The van der Waals surface area contributed by atoms with Gasteiger partial charge in [-0.2, -0.15) is 8.62 Å². The Morgan fingerprint density at radius 3 is 2.43 bits per heavy atom. The average Bonchev–Trinajstić information content (AvgIpc) is 2.94. The van der Waals surface area contributed by atoms with Crippen LogP contribution in [0.3, 0.4) is 0 Å². The number of aromatic nitrogens is 2. The van der Waals surface area contributed by atoms with E-state index in [1.165, 1.54) is 6.92 Å². The van der Waals surface area contributed by atoms with Crippen LogP contribution in [-0.2, 0) is 36.3 Å². The van der Waals surface area contributed by atoms with Crippen molar-refractivity contribution in [2.75, 3.05) is 13.2 Å². The normalized spacial score (nSPS) is 24.6. The molecule has 1 fully saturated rings. The van der Waals surface area contributed by atoms with Gasteiger partial charge in [0.25, 0.3) is 5.56 Å². The van der Waals surface area contributed by atoms with Gasteiger partial charge in [0.2, 0.25) is 6.41 Å². The Balaban J connectivity index is 1.95. The summed E-state index contributed by atoms with van der Waals surface area (Å²) in [5.74, 6) is 0. The Morgan fingerprint density at radius 2 is 1.82 bits per heavy atom. The van der Waals surface area contributed by atoms with Crippen LogP contribution in [-0.4, -0.2) is 48.4 Å². The summed E-state index contributed by atoms with van der Waals surface area (Å²) < 4.78 is 56.2. The quantitative estimate of drug-likeness (QED) is 0.290. The topological polar surface area (TPSA) is 233 Å². The van der Waals surface area contributed by atoms with Crippen molar-refractivity contribution in [3.05, 3.63) is 32.6 Å². The highest BCUT2D eigenvalue weighted by molar-refractivity contribution is 7.66. The van der Waals surface area contributed by atoms with Crippen molar-refractivity contribution in [1.29, 1.82) is 0 Å². The summed E-state index contributed by atoms with van der Waals surface area (Å²) in [6.45, 7) is 0.443. The summed E-state index contributed by atoms with van der Waals surface area (Å²) in [4.78, 5) is 60.3. The van der Waals surface area contributed by atoms with Crippen LogP contribution in [0.2, 0.25) is 0 Å². The number of ether oxygens (including phenoxy) is 2. The first-order valence-electron chi connectivity index (χ1n) is 7.05. The number of phosphoric ester groups is 1. The van der Waals surface area contributed by atoms with Crippen molar-refractivity contribution in [2.45, 2.75) is 19.4 Å². The molecule has 0 spiro atoms. The first-order chi connectivity index (χ1) is 12.7. The zero-order valence-electron chi connectivity index (χ0n) is 13.8. The number of aryl methyl sites for hydroxylation is 1. The molecule has 1 saturated heterocycles. The highest BCUT2D eigenvalue weighted by atomic mass is 31.3. The molecule has 0 radical (unpaired) electrons. The van der Waals surface area contributed by atoms with E-state index in [0.29, 0.717) is 0 Å². The lowest BCUT2D eigenvalue weighted by atomic mass is 10.4. The van der Waals surface area contributed by atoms with E-state index >= 15 is 0 Å². The average molecular weight is 468 g/mol. The smallest absolute Gasteiger partial charge is 0.332 e. The molecule has 0 saturated carbocycles. The van der Waals surface area contributed by atoms with Crippen molar-refractivity contribution in [3.63, 3.8) is 0 Å². The summed E-state index contributed by atoms with van der Waals surface area (Å²) >= 11 is 0. The van der Waals surface area contributed by atoms with Gasteiger partial charge in [-0.25, -0.2) is 23.1 Å². The molecular weight excluding hydrogens is 453 g/mol. The lowest BCUT2D eigenvalue weighted by molar-refractivity contribution is -0.121. The minimum Gasteiger partial charge on any atom is -0.332 e. The summed E-state index contributed by atoms with van der Waals surface area (Å²) in [6.07, 6.45) is -1.18. The van der Waals surface area contributed by atoms with E-state index in [0.717, 1.165) is 10.8 Å². The van der Waals surface area contributed by atoms with Gasteiger partial charge in [0.05, 0.1) is 13.2 Å². The van der Waals surface area contributed by atoms with Gasteiger partial charge in [0, 0.05) is 11.8 Å². The minimum absolute atomic E-state index is 0.184. The van der Waals surface area contributed by atoms with Crippen LogP contribution in [0.15, 0.2) is 15.8 Å². The molecule has 2 rings (SSSR count). The maximum absolute atomic E-state index is 11.7. The molecular formula is C9H15N2O14P3. The predicted molar refractivity (Wildman–Crippen MR) is 85.7 cm³/mol. The first-order valence-corrected chi connectivity index (χ1v) is 11.6. The molecule has 1 aliphatic rings. The van der Waals surface area contributed by atoms with Crippen LogP contribution >= 0.6 is 23.5 Å². The zero-order chi connectivity index (χ0) is 21.3. The van der Waals surface area contributed by atoms with E-state index in [9.17, 15) is 28.2 Å². The highest BCUT2D eigenvalue weighted by Gasteiger charge is 2.41. The second-order valence-electron chi connectivity index (χ2n) is 5.26. The maximum atomic E-state index is 11.7. The number of nitrogens with zero attached hydrogens (tertiary/aromatic N) is 1. The van der Waals surface area contributed by atoms with Crippen molar-refractivity contribution in [2.24, 2.45) is 0 Å². The Morgan fingerprint density at radius 1 is 1.18 bits per heavy atom. The summed E-state index contributed by atoms with van der Waals surface area (Å²) in [7, 11) is -16.4. The maximum Gasteiger partial charge on any atom is 0.490 e. The molecule has 160 valence electrons. The van der Waals surface area contributed by atoms with E-state index in [2.05, 4.69) is 13.1 Å². The predicted octanol–water partition coefficient (Wildman–Crippen LogP) is -0.940. The van der Waals surface area contributed by atoms with E-state index < -0.39 is 53.8 Å². The van der Waals surface area contributed by atoms with Crippen molar-refractivity contribution >= 4 is 23.5 Å². The van der Waals surface area contributed by atoms with Gasteiger partial charge in [-0.1, -0.05) is 0 Å². The molecule has 0 aromatic carbocycles. The molecule has 19 heteroatoms. The minimum atomic E-state index is -5.63. The van der Waals surface area contributed by atoms with Crippen LogP contribution in [0.5, 0.6) is 0 Å². The van der Waals surface area contributed by atoms with Crippen LogP contribution in [0, 0.1) is 6.92 Å². The second-order valence-corrected chi connectivity index (χ2v) is 9.68. The molecule has 1 aliphatic heterocycles. The Hall–Kier alpha value is -0.990. The van der Waals surface area contributed by atoms with Gasteiger partial charge in [-0.05, 0) is 6.92 Å². The molecule has 2 heterocycles. The van der Waals surface area contributed by atoms with Gasteiger partial charge < -0.3 is 29.0 Å². The van der Waals surface area contributed by atoms with E-state index in [4.69, 9.17) is 24.2 Å². The van der Waals surface area contributed by atoms with E-state index in [1.807, 2.05) is 4.98 Å². The number of aromatic amines is 1. The van der Waals surface area contributed by atoms with Crippen molar-refractivity contribution in [3.8, 4) is 0 Å². The SMILES string of the molecule is Cc1cn([C@H]2OC[C@@H](COP(=O)(O)OP(=O)(O)OP(=O)(O)O)O2)c(=O)[nH]c1=O.